The van der Waals surface area contributed by atoms with Crippen LogP contribution in [0, 0.1) is 10.1 Å². The first-order valence-corrected chi connectivity index (χ1v) is 9.60. The Hall–Kier alpha value is -3.68. The number of nitro benzene ring substituents is 1. The van der Waals surface area contributed by atoms with Crippen LogP contribution >= 0.6 is 0 Å². The third-order valence-corrected chi connectivity index (χ3v) is 4.85. The highest BCUT2D eigenvalue weighted by Crippen LogP contribution is 2.27. The molecule has 8 nitrogen and oxygen atoms in total. The van der Waals surface area contributed by atoms with Crippen LogP contribution in [0.5, 0.6) is 0 Å². The Morgan fingerprint density at radius 1 is 1.27 bits per heavy atom. The highest BCUT2D eigenvalue weighted by molar-refractivity contribution is 5.87. The summed E-state index contributed by atoms with van der Waals surface area (Å²) in [6, 6.07) is 12.5. The molecule has 3 rings (SSSR count). The van der Waals surface area contributed by atoms with E-state index in [4.69, 9.17) is 0 Å². The van der Waals surface area contributed by atoms with Crippen molar-refractivity contribution >= 4 is 29.3 Å². The molecule has 0 bridgehead atoms. The first-order chi connectivity index (χ1) is 14.5. The molecule has 1 heterocycles. The zero-order chi connectivity index (χ0) is 21.5. The number of amides is 1. The Bertz CT molecular complexity index is 986. The Balaban J connectivity index is 1.69. The van der Waals surface area contributed by atoms with Crippen molar-refractivity contribution in [2.24, 2.45) is 0 Å². The molecule has 1 aliphatic heterocycles. The number of ether oxygens (including phenoxy) is 1. The summed E-state index contributed by atoms with van der Waals surface area (Å²) < 4.78 is 4.52. The number of methoxy groups -OCH3 is 1. The number of anilines is 1. The third-order valence-electron chi connectivity index (χ3n) is 4.85. The van der Waals surface area contributed by atoms with Crippen LogP contribution in [-0.2, 0) is 27.4 Å². The average molecular weight is 409 g/mol. The molecule has 1 fully saturated rings. The van der Waals surface area contributed by atoms with Gasteiger partial charge >= 0.3 is 5.97 Å². The fraction of sp³-hybridized carbons (Fsp3) is 0.273. The van der Waals surface area contributed by atoms with E-state index in [0.717, 1.165) is 24.1 Å². The molecule has 0 aromatic heterocycles. The van der Waals surface area contributed by atoms with Gasteiger partial charge in [0.15, 0.2) is 0 Å². The number of esters is 1. The lowest BCUT2D eigenvalue weighted by molar-refractivity contribution is -0.384. The zero-order valence-electron chi connectivity index (χ0n) is 16.7. The van der Waals surface area contributed by atoms with Crippen molar-refractivity contribution in [2.75, 3.05) is 19.0 Å². The van der Waals surface area contributed by atoms with Gasteiger partial charge in [0.05, 0.1) is 12.0 Å². The predicted molar refractivity (Wildman–Crippen MR) is 113 cm³/mol. The van der Waals surface area contributed by atoms with Crippen LogP contribution in [0.3, 0.4) is 0 Å². The monoisotopic (exact) mass is 409 g/mol. The van der Waals surface area contributed by atoms with Crippen molar-refractivity contribution in [3.63, 3.8) is 0 Å². The largest absolute Gasteiger partial charge is 0.466 e. The molecule has 8 heteroatoms. The van der Waals surface area contributed by atoms with Crippen LogP contribution in [0.15, 0.2) is 48.5 Å². The molecule has 156 valence electrons. The molecule has 1 saturated heterocycles. The number of carbonyl (C=O) groups is 2. The van der Waals surface area contributed by atoms with Crippen molar-refractivity contribution in [1.29, 1.82) is 0 Å². The number of hydrogen-bond acceptors (Lipinski definition) is 6. The van der Waals surface area contributed by atoms with E-state index in [1.54, 1.807) is 12.1 Å². The number of nitrogens with one attached hydrogen (secondary N) is 1. The second kappa shape index (κ2) is 9.69. The molecule has 2 aromatic rings. The Morgan fingerprint density at radius 3 is 2.77 bits per heavy atom. The van der Waals surface area contributed by atoms with Gasteiger partial charge in [-0.15, -0.1) is 0 Å². The van der Waals surface area contributed by atoms with E-state index < -0.39 is 10.9 Å². The van der Waals surface area contributed by atoms with E-state index in [1.807, 2.05) is 29.2 Å². The number of nitrogens with zero attached hydrogens (tertiary/aromatic N) is 2. The van der Waals surface area contributed by atoms with Gasteiger partial charge in [-0.2, -0.15) is 0 Å². The fourth-order valence-corrected chi connectivity index (χ4v) is 3.31. The highest BCUT2D eigenvalue weighted by Gasteiger charge is 2.20. The highest BCUT2D eigenvalue weighted by atomic mass is 16.6. The molecule has 1 amide bonds. The normalized spacial score (nSPS) is 13.6. The van der Waals surface area contributed by atoms with Crippen LogP contribution in [0.25, 0.3) is 6.08 Å². The number of rotatable bonds is 8. The minimum Gasteiger partial charge on any atom is -0.466 e. The SMILES string of the molecule is COC(=O)C=Cc1ccc(NCc2cccc(CN3CCCC3=O)c2)c([N+](=O)[O-])c1. The summed E-state index contributed by atoms with van der Waals surface area (Å²) in [5.41, 5.74) is 2.82. The molecule has 0 aliphatic carbocycles. The van der Waals surface area contributed by atoms with Gasteiger partial charge in [0, 0.05) is 38.2 Å². The lowest BCUT2D eigenvalue weighted by Gasteiger charge is -2.16. The van der Waals surface area contributed by atoms with E-state index in [0.29, 0.717) is 30.8 Å². The molecule has 1 aliphatic rings. The van der Waals surface area contributed by atoms with Crippen molar-refractivity contribution in [2.45, 2.75) is 25.9 Å². The number of likely N-dealkylation sites (tertiary alicyclic amines) is 1. The van der Waals surface area contributed by atoms with Crippen LogP contribution in [0.2, 0.25) is 0 Å². The summed E-state index contributed by atoms with van der Waals surface area (Å²) in [5.74, 6) is -0.356. The Morgan fingerprint density at radius 2 is 2.07 bits per heavy atom. The van der Waals surface area contributed by atoms with E-state index >= 15 is 0 Å². The maximum atomic E-state index is 11.8. The average Bonchev–Trinajstić information content (AvgIpc) is 3.15. The van der Waals surface area contributed by atoms with Crippen LogP contribution in [0.4, 0.5) is 11.4 Å². The molecule has 0 atom stereocenters. The van der Waals surface area contributed by atoms with Gasteiger partial charge in [0.25, 0.3) is 5.69 Å². The molecule has 0 spiro atoms. The van der Waals surface area contributed by atoms with E-state index in [-0.39, 0.29) is 11.6 Å². The van der Waals surface area contributed by atoms with Crippen molar-refractivity contribution in [3.8, 4) is 0 Å². The zero-order valence-corrected chi connectivity index (χ0v) is 16.7. The number of benzene rings is 2. The fourth-order valence-electron chi connectivity index (χ4n) is 3.31. The maximum Gasteiger partial charge on any atom is 0.330 e. The number of carbonyl (C=O) groups excluding carboxylic acids is 2. The first kappa shape index (κ1) is 21.0. The van der Waals surface area contributed by atoms with Crippen molar-refractivity contribution < 1.29 is 19.2 Å². The Kier molecular flexibility index (Phi) is 6.79. The number of nitro groups is 1. The molecular weight excluding hydrogens is 386 g/mol. The molecular formula is C22H23N3O5. The molecule has 0 unspecified atom stereocenters. The first-order valence-electron chi connectivity index (χ1n) is 9.60. The topological polar surface area (TPSA) is 102 Å². The standard InChI is InChI=1S/C22H23N3O5/c1-30-22(27)10-8-16-7-9-19(20(13-16)25(28)29)23-14-17-4-2-5-18(12-17)15-24-11-3-6-21(24)26/h2,4-5,7-10,12-13,23H,3,6,11,14-15H2,1H3. The predicted octanol–water partition coefficient (Wildman–Crippen LogP) is 3.52. The molecule has 0 radical (unpaired) electrons. The molecule has 30 heavy (non-hydrogen) atoms. The smallest absolute Gasteiger partial charge is 0.330 e. The Labute approximate surface area is 174 Å². The summed E-state index contributed by atoms with van der Waals surface area (Å²) in [7, 11) is 1.26. The summed E-state index contributed by atoms with van der Waals surface area (Å²) in [4.78, 5) is 35.9. The van der Waals surface area contributed by atoms with Gasteiger partial charge in [-0.05, 0) is 35.3 Å². The second-order valence-electron chi connectivity index (χ2n) is 6.98. The maximum absolute atomic E-state index is 11.8. The number of hydrogen-bond donors (Lipinski definition) is 1. The van der Waals surface area contributed by atoms with Crippen LogP contribution in [-0.4, -0.2) is 35.4 Å². The minimum absolute atomic E-state index is 0.0826. The summed E-state index contributed by atoms with van der Waals surface area (Å²) >= 11 is 0. The van der Waals surface area contributed by atoms with Crippen molar-refractivity contribution in [1.82, 2.24) is 4.90 Å². The summed E-state index contributed by atoms with van der Waals surface area (Å²) in [6.45, 7) is 1.76. The van der Waals surface area contributed by atoms with E-state index in [1.165, 1.54) is 25.3 Å². The van der Waals surface area contributed by atoms with Gasteiger partial charge in [-0.25, -0.2) is 4.79 Å². The molecule has 1 N–H and O–H groups in total. The van der Waals surface area contributed by atoms with Gasteiger partial charge in [-0.3, -0.25) is 14.9 Å². The lowest BCUT2D eigenvalue weighted by atomic mass is 10.1. The van der Waals surface area contributed by atoms with E-state index in [2.05, 4.69) is 10.1 Å². The van der Waals surface area contributed by atoms with Gasteiger partial charge < -0.3 is 15.0 Å². The summed E-state index contributed by atoms with van der Waals surface area (Å²) in [6.07, 6.45) is 4.18. The van der Waals surface area contributed by atoms with E-state index in [9.17, 15) is 19.7 Å². The second-order valence-corrected chi connectivity index (χ2v) is 6.98. The quantitative estimate of drug-likeness (QED) is 0.310. The van der Waals surface area contributed by atoms with Crippen molar-refractivity contribution in [3.05, 3.63) is 75.3 Å². The molecule has 2 aromatic carbocycles. The van der Waals surface area contributed by atoms with Gasteiger partial charge in [0.1, 0.15) is 5.69 Å². The summed E-state index contributed by atoms with van der Waals surface area (Å²) in [5, 5.41) is 14.6. The molecule has 0 saturated carbocycles. The minimum atomic E-state index is -0.532. The van der Waals surface area contributed by atoms with Crippen LogP contribution < -0.4 is 5.32 Å². The third kappa shape index (κ3) is 5.44. The lowest BCUT2D eigenvalue weighted by Crippen LogP contribution is -2.23. The van der Waals surface area contributed by atoms with Gasteiger partial charge in [0.2, 0.25) is 5.91 Å². The van der Waals surface area contributed by atoms with Crippen LogP contribution in [0.1, 0.15) is 29.5 Å². The van der Waals surface area contributed by atoms with Gasteiger partial charge in [-0.1, -0.05) is 30.3 Å².